The van der Waals surface area contributed by atoms with E-state index < -0.39 is 15.2 Å². The molecule has 170 valence electrons. The molecule has 0 aromatic rings. The van der Waals surface area contributed by atoms with Gasteiger partial charge < -0.3 is 23.3 Å². The van der Waals surface area contributed by atoms with Gasteiger partial charge in [-0.25, -0.2) is 0 Å². The smallest absolute Gasteiger partial charge is 0.313 e. The number of nitrogens with zero attached hydrogens (tertiary/aromatic N) is 1. The Morgan fingerprint density at radius 3 is 1.07 bits per heavy atom. The van der Waals surface area contributed by atoms with Crippen LogP contribution in [0.15, 0.2) is 0 Å². The van der Waals surface area contributed by atoms with Gasteiger partial charge in [0.1, 0.15) is 12.6 Å². The standard InChI is InChI=1S/C18H41NO7P2/c1-5-9-13-23-27(21,24-14-10-6-2)17-19(20)18-28(22,25-15-11-7-3)26-16-12-8-4/h20H,5-18H2,1-4H3. The number of rotatable bonds is 20. The van der Waals surface area contributed by atoms with Crippen molar-refractivity contribution >= 4 is 15.2 Å². The fourth-order valence-electron chi connectivity index (χ4n) is 2.07. The molecule has 0 aliphatic heterocycles. The third-order valence-corrected chi connectivity index (χ3v) is 7.47. The Balaban J connectivity index is 4.91. The molecule has 0 bridgehead atoms. The SMILES string of the molecule is CCCCOP(=O)(CN(O)CP(=O)(OCCCC)OCCCC)OCCCC. The topological polar surface area (TPSA) is 94.5 Å². The Kier molecular flexibility index (Phi) is 17.1. The van der Waals surface area contributed by atoms with Crippen molar-refractivity contribution in [2.24, 2.45) is 0 Å². The molecular formula is C18H41NO7P2. The van der Waals surface area contributed by atoms with Crippen molar-refractivity contribution in [1.29, 1.82) is 0 Å². The van der Waals surface area contributed by atoms with Gasteiger partial charge in [0, 0.05) is 0 Å². The van der Waals surface area contributed by atoms with Crippen LogP contribution in [0.1, 0.15) is 79.1 Å². The van der Waals surface area contributed by atoms with Gasteiger partial charge in [-0.3, -0.25) is 9.13 Å². The highest BCUT2D eigenvalue weighted by molar-refractivity contribution is 7.54. The molecule has 1 N–H and O–H groups in total. The summed E-state index contributed by atoms with van der Waals surface area (Å²) in [6.07, 6.45) is 5.78. The summed E-state index contributed by atoms with van der Waals surface area (Å²) in [5.74, 6) is 0. The molecule has 0 fully saturated rings. The maximum atomic E-state index is 13.0. The molecule has 8 nitrogen and oxygen atoms in total. The van der Waals surface area contributed by atoms with E-state index in [0.29, 0.717) is 5.06 Å². The lowest BCUT2D eigenvalue weighted by Crippen LogP contribution is -2.25. The van der Waals surface area contributed by atoms with Gasteiger partial charge in [-0.15, -0.1) is 0 Å². The zero-order chi connectivity index (χ0) is 21.3. The van der Waals surface area contributed by atoms with Gasteiger partial charge in [0.15, 0.2) is 0 Å². The third kappa shape index (κ3) is 14.2. The van der Waals surface area contributed by atoms with E-state index in [1.54, 1.807) is 0 Å². The van der Waals surface area contributed by atoms with Crippen molar-refractivity contribution in [2.75, 3.05) is 39.0 Å². The molecule has 0 aliphatic carbocycles. The summed E-state index contributed by atoms with van der Waals surface area (Å²) < 4.78 is 47.8. The highest BCUT2D eigenvalue weighted by atomic mass is 31.2. The predicted molar refractivity (Wildman–Crippen MR) is 112 cm³/mol. The van der Waals surface area contributed by atoms with Crippen LogP contribution in [0.2, 0.25) is 0 Å². The highest BCUT2D eigenvalue weighted by Crippen LogP contribution is 2.53. The first-order valence-corrected chi connectivity index (χ1v) is 14.0. The molecule has 0 spiro atoms. The maximum absolute atomic E-state index is 13.0. The van der Waals surface area contributed by atoms with Gasteiger partial charge in [0.05, 0.1) is 26.4 Å². The zero-order valence-corrected chi connectivity index (χ0v) is 19.9. The Labute approximate surface area is 171 Å². The molecule has 28 heavy (non-hydrogen) atoms. The first-order chi connectivity index (χ1) is 13.3. The van der Waals surface area contributed by atoms with Crippen LogP contribution in [0.25, 0.3) is 0 Å². The van der Waals surface area contributed by atoms with E-state index in [-0.39, 0.29) is 39.0 Å². The van der Waals surface area contributed by atoms with Crippen molar-refractivity contribution in [1.82, 2.24) is 5.06 Å². The largest absolute Gasteiger partial charge is 0.346 e. The van der Waals surface area contributed by atoms with Crippen LogP contribution in [-0.2, 0) is 27.2 Å². The first kappa shape index (κ1) is 28.2. The molecule has 0 saturated carbocycles. The lowest BCUT2D eigenvalue weighted by molar-refractivity contribution is -0.0673. The van der Waals surface area contributed by atoms with Crippen LogP contribution >= 0.6 is 15.2 Å². The highest BCUT2D eigenvalue weighted by Gasteiger charge is 2.33. The fraction of sp³-hybridized carbons (Fsp3) is 1.00. The summed E-state index contributed by atoms with van der Waals surface area (Å²) in [6, 6.07) is 0. The Morgan fingerprint density at radius 1 is 0.607 bits per heavy atom. The van der Waals surface area contributed by atoms with Crippen molar-refractivity contribution < 1.29 is 32.4 Å². The summed E-state index contributed by atoms with van der Waals surface area (Å²) in [7, 11) is -7.08. The van der Waals surface area contributed by atoms with Crippen LogP contribution in [0.3, 0.4) is 0 Å². The summed E-state index contributed by atoms with van der Waals surface area (Å²) in [5.41, 5.74) is 0. The summed E-state index contributed by atoms with van der Waals surface area (Å²) in [4.78, 5) is 0. The molecule has 0 unspecified atom stereocenters. The minimum absolute atomic E-state index is 0.283. The second-order valence-corrected chi connectivity index (χ2v) is 10.8. The van der Waals surface area contributed by atoms with E-state index in [1.807, 2.05) is 27.7 Å². The second-order valence-electron chi connectivity index (χ2n) is 6.76. The quantitative estimate of drug-likeness (QED) is 0.134. The molecule has 0 radical (unpaired) electrons. The minimum atomic E-state index is -3.54. The monoisotopic (exact) mass is 445 g/mol. The fourth-order valence-corrected chi connectivity index (χ4v) is 5.34. The van der Waals surface area contributed by atoms with Gasteiger partial charge in [0.2, 0.25) is 0 Å². The third-order valence-electron chi connectivity index (χ3n) is 3.82. The molecule has 10 heteroatoms. The van der Waals surface area contributed by atoms with E-state index >= 15 is 0 Å². The lowest BCUT2D eigenvalue weighted by atomic mass is 10.4. The average molecular weight is 445 g/mol. The van der Waals surface area contributed by atoms with Crippen LogP contribution in [-0.4, -0.2) is 49.3 Å². The van der Waals surface area contributed by atoms with Crippen molar-refractivity contribution in [3.8, 4) is 0 Å². The van der Waals surface area contributed by atoms with E-state index in [2.05, 4.69) is 0 Å². The Hall–Kier alpha value is 0.220. The van der Waals surface area contributed by atoms with Crippen LogP contribution < -0.4 is 0 Å². The first-order valence-electron chi connectivity index (χ1n) is 10.5. The van der Waals surface area contributed by atoms with Crippen LogP contribution in [0.4, 0.5) is 0 Å². The molecular weight excluding hydrogens is 404 g/mol. The van der Waals surface area contributed by atoms with Gasteiger partial charge in [-0.1, -0.05) is 53.4 Å². The van der Waals surface area contributed by atoms with Crippen molar-refractivity contribution in [2.45, 2.75) is 79.1 Å². The van der Waals surface area contributed by atoms with Gasteiger partial charge >= 0.3 is 15.2 Å². The number of unbranched alkanes of at least 4 members (excludes halogenated alkanes) is 4. The maximum Gasteiger partial charge on any atom is 0.346 e. The van der Waals surface area contributed by atoms with Gasteiger partial charge in [0.25, 0.3) is 0 Å². The summed E-state index contributed by atoms with van der Waals surface area (Å²) >= 11 is 0. The van der Waals surface area contributed by atoms with E-state index in [0.717, 1.165) is 51.4 Å². The summed E-state index contributed by atoms with van der Waals surface area (Å²) in [5, 5.41) is 11.0. The van der Waals surface area contributed by atoms with Crippen LogP contribution in [0.5, 0.6) is 0 Å². The van der Waals surface area contributed by atoms with E-state index in [1.165, 1.54) is 0 Å². The number of hydrogen-bond donors (Lipinski definition) is 1. The van der Waals surface area contributed by atoms with Gasteiger partial charge in [-0.2, -0.15) is 5.06 Å². The normalized spacial score (nSPS) is 12.8. The van der Waals surface area contributed by atoms with Gasteiger partial charge in [-0.05, 0) is 25.7 Å². The molecule has 0 aromatic heterocycles. The number of hydroxylamine groups is 2. The molecule has 0 saturated heterocycles. The second kappa shape index (κ2) is 17.0. The predicted octanol–water partition coefficient (Wildman–Crippen LogP) is 6.25. The van der Waals surface area contributed by atoms with E-state index in [4.69, 9.17) is 18.1 Å². The molecule has 0 aromatic carbocycles. The summed E-state index contributed by atoms with van der Waals surface area (Å²) in [6.45, 7) is 9.14. The minimum Gasteiger partial charge on any atom is -0.313 e. The average Bonchev–Trinajstić information content (AvgIpc) is 2.62. The molecule has 0 atom stereocenters. The molecule has 0 heterocycles. The Bertz CT molecular complexity index is 397. The number of hydrogen-bond acceptors (Lipinski definition) is 8. The Morgan fingerprint density at radius 2 is 0.857 bits per heavy atom. The molecule has 0 aliphatic rings. The zero-order valence-electron chi connectivity index (χ0n) is 18.1. The lowest BCUT2D eigenvalue weighted by Gasteiger charge is -2.26. The van der Waals surface area contributed by atoms with Crippen LogP contribution in [0, 0.1) is 0 Å². The van der Waals surface area contributed by atoms with Crippen molar-refractivity contribution in [3.63, 3.8) is 0 Å². The van der Waals surface area contributed by atoms with Crippen molar-refractivity contribution in [3.05, 3.63) is 0 Å². The molecule has 0 amide bonds. The molecule has 0 rings (SSSR count). The van der Waals surface area contributed by atoms with E-state index in [9.17, 15) is 14.3 Å².